The Morgan fingerprint density at radius 3 is 2.76 bits per heavy atom. The zero-order valence-electron chi connectivity index (χ0n) is 15.1. The van der Waals surface area contributed by atoms with Gasteiger partial charge in [-0.1, -0.05) is 12.1 Å². The molecule has 0 fully saturated rings. The van der Waals surface area contributed by atoms with Gasteiger partial charge in [0.15, 0.2) is 0 Å². The third kappa shape index (κ3) is 3.31. The van der Waals surface area contributed by atoms with Crippen molar-refractivity contribution in [1.82, 2.24) is 4.98 Å². The Morgan fingerprint density at radius 1 is 1.32 bits per heavy atom. The number of aromatic nitrogens is 1. The number of aromatic hydroxyl groups is 1. The van der Waals surface area contributed by atoms with Crippen molar-refractivity contribution in [1.29, 1.82) is 0 Å². The van der Waals surface area contributed by atoms with Gasteiger partial charge in [0.1, 0.15) is 11.6 Å². The van der Waals surface area contributed by atoms with Crippen LogP contribution in [-0.2, 0) is 6.42 Å². The fraction of sp³-hybridized carbons (Fsp3) is 0.400. The molecule has 25 heavy (non-hydrogen) atoms. The Hall–Kier alpha value is -2.56. The number of rotatable bonds is 4. The number of pyridine rings is 1. The third-order valence-electron chi connectivity index (χ3n) is 4.69. The first-order chi connectivity index (χ1) is 12.0. The highest BCUT2D eigenvalue weighted by atomic mass is 16.3. The average Bonchev–Trinajstić information content (AvgIpc) is 2.62. The molecule has 1 amide bonds. The number of carbonyl (C=O) groups excluding carboxylic acids is 1. The number of phenolic OH excluding ortho intramolecular Hbond substituents is 1. The number of benzene rings is 1. The summed E-state index contributed by atoms with van der Waals surface area (Å²) >= 11 is 0. The van der Waals surface area contributed by atoms with Crippen LogP contribution < -0.4 is 9.80 Å². The summed E-state index contributed by atoms with van der Waals surface area (Å²) in [5.41, 5.74) is 2.20. The van der Waals surface area contributed by atoms with Crippen molar-refractivity contribution in [3.05, 3.63) is 47.7 Å². The molecule has 1 aliphatic heterocycles. The quantitative estimate of drug-likeness (QED) is 0.924. The highest BCUT2D eigenvalue weighted by Crippen LogP contribution is 2.36. The summed E-state index contributed by atoms with van der Waals surface area (Å²) in [6.45, 7) is 7.81. The lowest BCUT2D eigenvalue weighted by Gasteiger charge is -2.30. The summed E-state index contributed by atoms with van der Waals surface area (Å²) in [5.74, 6) is 0.914. The lowest BCUT2D eigenvalue weighted by molar-refractivity contribution is 0.0984. The standard InChI is InChI=1S/C20H25N3O2/c1-4-22(14(2)3)18-11-10-16(13-21-18)20(25)23-12-6-8-15-7-5-9-17(24)19(15)23/h5,7,9-11,13-14,24H,4,6,8,12H2,1-3H3. The minimum absolute atomic E-state index is 0.117. The average molecular weight is 339 g/mol. The molecule has 0 radical (unpaired) electrons. The zero-order chi connectivity index (χ0) is 18.0. The first-order valence-corrected chi connectivity index (χ1v) is 8.88. The molecular weight excluding hydrogens is 314 g/mol. The molecule has 0 atom stereocenters. The van der Waals surface area contributed by atoms with Gasteiger partial charge in [-0.2, -0.15) is 0 Å². The van der Waals surface area contributed by atoms with E-state index < -0.39 is 0 Å². The Labute approximate surface area is 148 Å². The second-order valence-corrected chi connectivity index (χ2v) is 6.63. The van der Waals surface area contributed by atoms with Crippen molar-refractivity contribution in [3.8, 4) is 5.75 Å². The first kappa shape index (κ1) is 17.3. The summed E-state index contributed by atoms with van der Waals surface area (Å²) in [5, 5.41) is 10.2. The molecule has 0 aliphatic carbocycles. The molecule has 5 heteroatoms. The number of hydrogen-bond acceptors (Lipinski definition) is 4. The Morgan fingerprint density at radius 2 is 2.12 bits per heavy atom. The molecular formula is C20H25N3O2. The minimum atomic E-state index is -0.117. The zero-order valence-corrected chi connectivity index (χ0v) is 15.1. The van der Waals surface area contributed by atoms with Crippen molar-refractivity contribution in [2.24, 2.45) is 0 Å². The van der Waals surface area contributed by atoms with Crippen molar-refractivity contribution >= 4 is 17.4 Å². The monoisotopic (exact) mass is 339 g/mol. The fourth-order valence-electron chi connectivity index (χ4n) is 3.46. The number of phenols is 1. The van der Waals surface area contributed by atoms with E-state index in [-0.39, 0.29) is 11.7 Å². The van der Waals surface area contributed by atoms with Crippen LogP contribution in [-0.4, -0.2) is 35.1 Å². The molecule has 132 valence electrons. The van der Waals surface area contributed by atoms with Gasteiger partial charge in [-0.3, -0.25) is 4.79 Å². The van der Waals surface area contributed by atoms with Gasteiger partial charge < -0.3 is 14.9 Å². The van der Waals surface area contributed by atoms with Gasteiger partial charge in [-0.15, -0.1) is 0 Å². The maximum atomic E-state index is 13.0. The summed E-state index contributed by atoms with van der Waals surface area (Å²) in [7, 11) is 0. The highest BCUT2D eigenvalue weighted by Gasteiger charge is 2.26. The van der Waals surface area contributed by atoms with Crippen molar-refractivity contribution in [2.75, 3.05) is 22.9 Å². The van der Waals surface area contributed by atoms with Gasteiger partial charge in [0.2, 0.25) is 0 Å². The molecule has 0 unspecified atom stereocenters. The van der Waals surface area contributed by atoms with Crippen LogP contribution in [0.25, 0.3) is 0 Å². The smallest absolute Gasteiger partial charge is 0.259 e. The fourth-order valence-corrected chi connectivity index (χ4v) is 3.46. The number of anilines is 2. The lowest BCUT2D eigenvalue weighted by Crippen LogP contribution is -2.36. The number of nitrogens with zero attached hydrogens (tertiary/aromatic N) is 3. The van der Waals surface area contributed by atoms with E-state index in [4.69, 9.17) is 0 Å². The van der Waals surface area contributed by atoms with Crippen LogP contribution in [0.4, 0.5) is 11.5 Å². The van der Waals surface area contributed by atoms with E-state index in [0.717, 1.165) is 30.8 Å². The molecule has 0 saturated heterocycles. The van der Waals surface area contributed by atoms with Crippen molar-refractivity contribution < 1.29 is 9.90 Å². The number of aryl methyl sites for hydroxylation is 1. The minimum Gasteiger partial charge on any atom is -0.506 e. The molecule has 0 saturated carbocycles. The third-order valence-corrected chi connectivity index (χ3v) is 4.69. The molecule has 0 bridgehead atoms. The topological polar surface area (TPSA) is 56.7 Å². The van der Waals surface area contributed by atoms with Gasteiger partial charge >= 0.3 is 0 Å². The number of carbonyl (C=O) groups is 1. The van der Waals surface area contributed by atoms with Gasteiger partial charge in [0.25, 0.3) is 5.91 Å². The van der Waals surface area contributed by atoms with Crippen LogP contribution in [0.15, 0.2) is 36.5 Å². The predicted molar refractivity (Wildman–Crippen MR) is 100 cm³/mol. The van der Waals surface area contributed by atoms with Crippen molar-refractivity contribution in [2.45, 2.75) is 39.7 Å². The molecule has 2 heterocycles. The molecule has 5 nitrogen and oxygen atoms in total. The molecule has 1 aliphatic rings. The van der Waals surface area contributed by atoms with Crippen LogP contribution in [0.5, 0.6) is 5.75 Å². The highest BCUT2D eigenvalue weighted by molar-refractivity contribution is 6.07. The van der Waals surface area contributed by atoms with Gasteiger partial charge in [0, 0.05) is 25.3 Å². The Balaban J connectivity index is 1.88. The molecule has 1 aromatic carbocycles. The van der Waals surface area contributed by atoms with E-state index in [0.29, 0.717) is 23.8 Å². The summed E-state index contributed by atoms with van der Waals surface area (Å²) < 4.78 is 0. The maximum Gasteiger partial charge on any atom is 0.259 e. The van der Waals surface area contributed by atoms with E-state index in [2.05, 4.69) is 30.7 Å². The summed E-state index contributed by atoms with van der Waals surface area (Å²) in [4.78, 5) is 21.3. The normalized spacial score (nSPS) is 13.7. The number of amides is 1. The maximum absolute atomic E-state index is 13.0. The summed E-state index contributed by atoms with van der Waals surface area (Å²) in [6, 6.07) is 9.50. The Bertz CT molecular complexity index is 756. The largest absolute Gasteiger partial charge is 0.506 e. The SMILES string of the molecule is CCN(c1ccc(C(=O)N2CCCc3cccc(O)c32)cn1)C(C)C. The molecule has 1 aromatic heterocycles. The molecule has 2 aromatic rings. The lowest BCUT2D eigenvalue weighted by atomic mass is 10.0. The van der Waals surface area contributed by atoms with E-state index in [1.807, 2.05) is 24.3 Å². The van der Waals surface area contributed by atoms with E-state index >= 15 is 0 Å². The van der Waals surface area contributed by atoms with Crippen LogP contribution >= 0.6 is 0 Å². The predicted octanol–water partition coefficient (Wildman–Crippen LogP) is 3.61. The number of para-hydroxylation sites is 1. The van der Waals surface area contributed by atoms with E-state index in [1.165, 1.54) is 0 Å². The van der Waals surface area contributed by atoms with E-state index in [1.54, 1.807) is 17.2 Å². The molecule has 0 spiro atoms. The Kier molecular flexibility index (Phi) is 4.93. The van der Waals surface area contributed by atoms with Crippen molar-refractivity contribution in [3.63, 3.8) is 0 Å². The number of fused-ring (bicyclic) bond motifs is 1. The second kappa shape index (κ2) is 7.13. The van der Waals surface area contributed by atoms with E-state index in [9.17, 15) is 9.90 Å². The van der Waals surface area contributed by atoms with Gasteiger partial charge in [0.05, 0.1) is 11.3 Å². The first-order valence-electron chi connectivity index (χ1n) is 8.88. The summed E-state index contributed by atoms with van der Waals surface area (Å²) in [6.07, 6.45) is 3.41. The van der Waals surface area contributed by atoms with Crippen LogP contribution in [0.3, 0.4) is 0 Å². The second-order valence-electron chi connectivity index (χ2n) is 6.63. The molecule has 1 N–H and O–H groups in total. The van der Waals surface area contributed by atoms with Crippen LogP contribution in [0.2, 0.25) is 0 Å². The van der Waals surface area contributed by atoms with Crippen LogP contribution in [0, 0.1) is 0 Å². The van der Waals surface area contributed by atoms with Gasteiger partial charge in [-0.05, 0) is 57.4 Å². The molecule has 3 rings (SSSR count). The van der Waals surface area contributed by atoms with Gasteiger partial charge in [-0.25, -0.2) is 4.98 Å². The van der Waals surface area contributed by atoms with Crippen LogP contribution in [0.1, 0.15) is 43.1 Å². The number of hydrogen-bond donors (Lipinski definition) is 1.